The van der Waals surface area contributed by atoms with Crippen molar-refractivity contribution in [2.75, 3.05) is 12.3 Å². The van der Waals surface area contributed by atoms with Crippen LogP contribution in [0.4, 0.5) is 0 Å². The zero-order valence-corrected chi connectivity index (χ0v) is 9.61. The van der Waals surface area contributed by atoms with Crippen molar-refractivity contribution in [3.8, 4) is 6.07 Å². The lowest BCUT2D eigenvalue weighted by molar-refractivity contribution is -0.127. The second-order valence-electron chi connectivity index (χ2n) is 3.57. The first-order valence-electron chi connectivity index (χ1n) is 5.16. The van der Waals surface area contributed by atoms with E-state index in [1.54, 1.807) is 16.7 Å². The minimum atomic E-state index is 0.0852. The van der Waals surface area contributed by atoms with E-state index >= 15 is 0 Å². The third-order valence-electron chi connectivity index (χ3n) is 2.52. The van der Waals surface area contributed by atoms with Crippen LogP contribution in [0.1, 0.15) is 17.4 Å². The van der Waals surface area contributed by atoms with Crippen LogP contribution in [0.5, 0.6) is 0 Å². The molecule has 1 aliphatic heterocycles. The maximum Gasteiger partial charge on any atom is 0.233 e. The number of hydrogen-bond donors (Lipinski definition) is 0. The Labute approximate surface area is 99.1 Å². The first-order chi connectivity index (χ1) is 7.83. The lowest BCUT2D eigenvalue weighted by Crippen LogP contribution is -2.29. The molecule has 1 fully saturated rings. The van der Waals surface area contributed by atoms with Crippen LogP contribution in [0.15, 0.2) is 30.3 Å². The van der Waals surface area contributed by atoms with Crippen LogP contribution in [0, 0.1) is 11.3 Å². The summed E-state index contributed by atoms with van der Waals surface area (Å²) in [6.45, 7) is 0.530. The van der Waals surface area contributed by atoms with Crippen LogP contribution in [0.3, 0.4) is 0 Å². The SMILES string of the molecule is N#CCCN1C(=O)CSC1c1ccccc1. The molecule has 1 aromatic rings. The van der Waals surface area contributed by atoms with Crippen molar-refractivity contribution in [1.82, 2.24) is 4.90 Å². The van der Waals surface area contributed by atoms with Gasteiger partial charge < -0.3 is 4.90 Å². The van der Waals surface area contributed by atoms with Crippen molar-refractivity contribution in [3.05, 3.63) is 35.9 Å². The summed E-state index contributed by atoms with van der Waals surface area (Å²) in [5.74, 6) is 0.652. The van der Waals surface area contributed by atoms with Crippen molar-refractivity contribution in [2.24, 2.45) is 0 Å². The Morgan fingerprint density at radius 1 is 1.44 bits per heavy atom. The van der Waals surface area contributed by atoms with Gasteiger partial charge in [-0.3, -0.25) is 4.79 Å². The molecular formula is C12H12N2OS. The summed E-state index contributed by atoms with van der Waals surface area (Å²) in [4.78, 5) is 13.5. The molecule has 1 atom stereocenters. The molecule has 0 saturated carbocycles. The van der Waals surface area contributed by atoms with Gasteiger partial charge in [0.25, 0.3) is 0 Å². The molecule has 2 rings (SSSR count). The van der Waals surface area contributed by atoms with Crippen LogP contribution in [-0.4, -0.2) is 23.1 Å². The third kappa shape index (κ3) is 2.20. The van der Waals surface area contributed by atoms with E-state index in [1.807, 2.05) is 30.3 Å². The van der Waals surface area contributed by atoms with Crippen LogP contribution in [-0.2, 0) is 4.79 Å². The smallest absolute Gasteiger partial charge is 0.233 e. The number of rotatable bonds is 3. The number of nitrogens with zero attached hydrogens (tertiary/aromatic N) is 2. The summed E-state index contributed by atoms with van der Waals surface area (Å²) in [7, 11) is 0. The second-order valence-corrected chi connectivity index (χ2v) is 4.64. The molecule has 4 heteroatoms. The van der Waals surface area contributed by atoms with Crippen LogP contribution < -0.4 is 0 Å². The fourth-order valence-electron chi connectivity index (χ4n) is 1.76. The van der Waals surface area contributed by atoms with Gasteiger partial charge >= 0.3 is 0 Å². The van der Waals surface area contributed by atoms with Crippen molar-refractivity contribution < 1.29 is 4.79 Å². The number of thioether (sulfide) groups is 1. The average molecular weight is 232 g/mol. The first-order valence-corrected chi connectivity index (χ1v) is 6.21. The van der Waals surface area contributed by atoms with Gasteiger partial charge in [0.1, 0.15) is 5.37 Å². The molecule has 1 aliphatic rings. The Morgan fingerprint density at radius 2 is 2.19 bits per heavy atom. The normalized spacial score (nSPS) is 19.8. The lowest BCUT2D eigenvalue weighted by Gasteiger charge is -2.22. The Hall–Kier alpha value is -1.47. The number of amides is 1. The molecule has 1 amide bonds. The highest BCUT2D eigenvalue weighted by Crippen LogP contribution is 2.38. The van der Waals surface area contributed by atoms with E-state index in [-0.39, 0.29) is 11.3 Å². The molecule has 0 aliphatic carbocycles. The highest BCUT2D eigenvalue weighted by molar-refractivity contribution is 8.00. The molecule has 1 saturated heterocycles. The third-order valence-corrected chi connectivity index (χ3v) is 3.77. The van der Waals surface area contributed by atoms with Gasteiger partial charge in [0.15, 0.2) is 0 Å². The molecule has 0 radical (unpaired) electrons. The van der Waals surface area contributed by atoms with Crippen molar-refractivity contribution in [2.45, 2.75) is 11.8 Å². The molecule has 1 aromatic carbocycles. The van der Waals surface area contributed by atoms with Crippen molar-refractivity contribution in [3.63, 3.8) is 0 Å². The molecule has 1 heterocycles. The molecule has 3 nitrogen and oxygen atoms in total. The molecule has 1 unspecified atom stereocenters. The Morgan fingerprint density at radius 3 is 2.88 bits per heavy atom. The summed E-state index contributed by atoms with van der Waals surface area (Å²) in [6, 6.07) is 12.0. The van der Waals surface area contributed by atoms with Crippen molar-refractivity contribution in [1.29, 1.82) is 5.26 Å². The highest BCUT2D eigenvalue weighted by Gasteiger charge is 2.31. The fourth-order valence-corrected chi connectivity index (χ4v) is 2.98. The largest absolute Gasteiger partial charge is 0.325 e. The van der Waals surface area contributed by atoms with Gasteiger partial charge in [-0.15, -0.1) is 11.8 Å². The maximum absolute atomic E-state index is 11.7. The van der Waals surface area contributed by atoms with E-state index in [1.165, 1.54) is 0 Å². The maximum atomic E-state index is 11.7. The number of benzene rings is 1. The van der Waals surface area contributed by atoms with Gasteiger partial charge in [-0.1, -0.05) is 30.3 Å². The molecule has 82 valence electrons. The minimum absolute atomic E-state index is 0.0852. The van der Waals surface area contributed by atoms with Gasteiger partial charge in [-0.05, 0) is 5.56 Å². The van der Waals surface area contributed by atoms with Crippen LogP contribution in [0.2, 0.25) is 0 Å². The van der Waals surface area contributed by atoms with E-state index in [9.17, 15) is 4.79 Å². The van der Waals surface area contributed by atoms with Crippen molar-refractivity contribution >= 4 is 17.7 Å². The second kappa shape index (κ2) is 5.04. The Kier molecular flexibility index (Phi) is 3.47. The number of carbonyl (C=O) groups excluding carboxylic acids is 1. The monoisotopic (exact) mass is 232 g/mol. The van der Waals surface area contributed by atoms with E-state index in [0.717, 1.165) is 5.56 Å². The lowest BCUT2D eigenvalue weighted by atomic mass is 10.2. The standard InChI is InChI=1S/C12H12N2OS/c13-7-4-8-14-11(15)9-16-12(14)10-5-2-1-3-6-10/h1-3,5-6,12H,4,8-9H2. The van der Waals surface area contributed by atoms with Crippen LogP contribution >= 0.6 is 11.8 Å². The fraction of sp³-hybridized carbons (Fsp3) is 0.333. The summed E-state index contributed by atoms with van der Waals surface area (Å²) in [5, 5.41) is 8.66. The number of nitriles is 1. The number of carbonyl (C=O) groups is 1. The average Bonchev–Trinajstić information content (AvgIpc) is 2.69. The summed E-state index contributed by atoms with van der Waals surface area (Å²) < 4.78 is 0. The Bertz CT molecular complexity index is 413. The topological polar surface area (TPSA) is 44.1 Å². The first kappa shape index (κ1) is 11.0. The number of hydrogen-bond acceptors (Lipinski definition) is 3. The van der Waals surface area contributed by atoms with Gasteiger partial charge in [0.05, 0.1) is 18.2 Å². The van der Waals surface area contributed by atoms with E-state index in [4.69, 9.17) is 5.26 Å². The zero-order valence-electron chi connectivity index (χ0n) is 8.80. The summed E-state index contributed by atoms with van der Waals surface area (Å²) in [6.07, 6.45) is 0.398. The quantitative estimate of drug-likeness (QED) is 0.802. The predicted octanol–water partition coefficient (Wildman–Crippen LogP) is 2.17. The summed E-state index contributed by atoms with van der Waals surface area (Å²) in [5.41, 5.74) is 1.14. The van der Waals surface area contributed by atoms with Gasteiger partial charge in [0.2, 0.25) is 5.91 Å². The Balaban J connectivity index is 2.15. The van der Waals surface area contributed by atoms with E-state index < -0.39 is 0 Å². The predicted molar refractivity (Wildman–Crippen MR) is 63.6 cm³/mol. The molecule has 0 aromatic heterocycles. The minimum Gasteiger partial charge on any atom is -0.325 e. The summed E-state index contributed by atoms with van der Waals surface area (Å²) >= 11 is 1.63. The molecule has 0 bridgehead atoms. The molecular weight excluding hydrogens is 220 g/mol. The van der Waals surface area contributed by atoms with E-state index in [2.05, 4.69) is 6.07 Å². The van der Waals surface area contributed by atoms with Crippen LogP contribution in [0.25, 0.3) is 0 Å². The van der Waals surface area contributed by atoms with Gasteiger partial charge in [0, 0.05) is 6.54 Å². The highest BCUT2D eigenvalue weighted by atomic mass is 32.2. The molecule has 16 heavy (non-hydrogen) atoms. The van der Waals surface area contributed by atoms with E-state index in [0.29, 0.717) is 18.7 Å². The van der Waals surface area contributed by atoms with Gasteiger partial charge in [-0.25, -0.2) is 0 Å². The molecule has 0 N–H and O–H groups in total. The van der Waals surface area contributed by atoms with Gasteiger partial charge in [-0.2, -0.15) is 5.26 Å². The molecule has 0 spiro atoms. The zero-order chi connectivity index (χ0) is 11.4.